The van der Waals surface area contributed by atoms with Crippen molar-refractivity contribution in [1.29, 1.82) is 0 Å². The molecule has 5 heterocycles. The molecule has 2 N–H and O–H groups in total. The molecule has 9 nitrogen and oxygen atoms in total. The van der Waals surface area contributed by atoms with Gasteiger partial charge < -0.3 is 29.2 Å². The third kappa shape index (κ3) is 8.38. The van der Waals surface area contributed by atoms with Gasteiger partial charge in [0, 0.05) is 84.5 Å². The van der Waals surface area contributed by atoms with Crippen LogP contribution >= 0.6 is 0 Å². The molecular formula is C53H82N4O5. The molecule has 62 heavy (non-hydrogen) atoms. The van der Waals surface area contributed by atoms with E-state index in [2.05, 4.69) is 109 Å². The van der Waals surface area contributed by atoms with Crippen LogP contribution in [-0.4, -0.2) is 104 Å². The fourth-order valence-corrected chi connectivity index (χ4v) is 11.7. The summed E-state index contributed by atoms with van der Waals surface area (Å²) in [4.78, 5) is 26.4. The number of methoxy groups -OCH3 is 2. The number of benzene rings is 2. The van der Waals surface area contributed by atoms with Crippen molar-refractivity contribution in [2.45, 2.75) is 144 Å². The van der Waals surface area contributed by atoms with Gasteiger partial charge in [-0.3, -0.25) is 14.6 Å². The summed E-state index contributed by atoms with van der Waals surface area (Å²) in [5, 5.41) is 13.7. The number of nitrogens with zero attached hydrogens (tertiary/aromatic N) is 3. The summed E-state index contributed by atoms with van der Waals surface area (Å²) in [6.45, 7) is 33.1. The van der Waals surface area contributed by atoms with E-state index in [4.69, 9.17) is 14.2 Å². The Morgan fingerprint density at radius 1 is 0.984 bits per heavy atom. The van der Waals surface area contributed by atoms with E-state index < -0.39 is 23.0 Å². The van der Waals surface area contributed by atoms with Gasteiger partial charge in [-0.2, -0.15) is 0 Å². The molecule has 3 aromatic rings. The molecule has 0 spiro atoms. The number of H-pyrrole nitrogens is 1. The number of esters is 1. The van der Waals surface area contributed by atoms with Gasteiger partial charge in [0.05, 0.1) is 26.0 Å². The molecule has 344 valence electrons. The largest absolute Gasteiger partial charge is 0.496 e. The van der Waals surface area contributed by atoms with Gasteiger partial charge in [-0.1, -0.05) is 125 Å². The summed E-state index contributed by atoms with van der Waals surface area (Å²) in [7, 11) is 5.32. The molecule has 9 heteroatoms. The number of fused-ring (bicyclic) bond motifs is 10. The minimum Gasteiger partial charge on any atom is -0.496 e. The highest BCUT2D eigenvalue weighted by molar-refractivity contribution is 5.94. The summed E-state index contributed by atoms with van der Waals surface area (Å²) in [5.41, 5.74) is 5.74. The topological polar surface area (TPSA) is 90.5 Å². The summed E-state index contributed by atoms with van der Waals surface area (Å²) in [6, 6.07) is 12.6. The lowest BCUT2D eigenvalue weighted by Gasteiger charge is -2.59. The van der Waals surface area contributed by atoms with E-state index in [1.807, 2.05) is 62.3 Å². The smallest absolute Gasteiger partial charge is 0.322 e. The molecule has 2 aromatic carbocycles. The zero-order chi connectivity index (χ0) is 46.1. The van der Waals surface area contributed by atoms with E-state index in [1.165, 1.54) is 12.7 Å². The van der Waals surface area contributed by atoms with Crippen LogP contribution in [0.2, 0.25) is 0 Å². The van der Waals surface area contributed by atoms with Gasteiger partial charge in [-0.05, 0) is 68.3 Å². The van der Waals surface area contributed by atoms with E-state index in [1.54, 1.807) is 7.11 Å². The van der Waals surface area contributed by atoms with E-state index >= 15 is 4.79 Å². The lowest BCUT2D eigenvalue weighted by Crippen LogP contribution is -2.72. The standard InChI is InChI=1S/C45H58N4O5.4C2H6/c1-9-28-21-29-24-45(43(51)53-8,40-31(18-20-48(25-28)26-29)30-15-12-13-17-35(30)46-40)34-22-33-36(23-37(34)52-7)47(6)42-38(50)39(54-27(4)5)32-16-14-19-49(11-3)41(32)44(33,42)10-2;4*1-2/h12-17,21-23,29,32,38-39,41-42,46,50H,4,9-11,18-20,24-26H2,1-3,5-8H3;4*1-2H3. The summed E-state index contributed by atoms with van der Waals surface area (Å²) in [6.07, 6.45) is 8.74. The fraction of sp³-hybridized carbons (Fsp3) is 0.604. The minimum atomic E-state index is -1.21. The second-order valence-electron chi connectivity index (χ2n) is 16.4. The second kappa shape index (κ2) is 22.0. The van der Waals surface area contributed by atoms with Gasteiger partial charge in [-0.25, -0.2) is 0 Å². The number of aromatic nitrogens is 1. The number of anilines is 1. The number of nitrogens with one attached hydrogen (secondary N) is 1. The maximum Gasteiger partial charge on any atom is 0.322 e. The van der Waals surface area contributed by atoms with Gasteiger partial charge in [-0.15, -0.1) is 0 Å². The molecule has 0 radical (unpaired) electrons. The molecule has 8 rings (SSSR count). The highest BCUT2D eigenvalue weighted by atomic mass is 16.5. The van der Waals surface area contributed by atoms with Crippen molar-refractivity contribution in [1.82, 2.24) is 14.8 Å². The average molecular weight is 855 g/mol. The number of hydrogen-bond donors (Lipinski definition) is 2. The van der Waals surface area contributed by atoms with Crippen molar-refractivity contribution in [3.8, 4) is 5.75 Å². The Labute approximate surface area is 375 Å². The predicted octanol–water partition coefficient (Wildman–Crippen LogP) is 10.6. The lowest BCUT2D eigenvalue weighted by atomic mass is 9.56. The van der Waals surface area contributed by atoms with Crippen molar-refractivity contribution in [2.75, 3.05) is 58.9 Å². The quantitative estimate of drug-likeness (QED) is 0.132. The number of carbonyl (C=O) groups is 1. The van der Waals surface area contributed by atoms with Crippen LogP contribution in [0.25, 0.3) is 10.9 Å². The number of aliphatic hydroxyl groups is 1. The fourth-order valence-electron chi connectivity index (χ4n) is 11.7. The Bertz CT molecular complexity index is 2020. The zero-order valence-electron chi connectivity index (χ0n) is 41.2. The van der Waals surface area contributed by atoms with E-state index in [0.29, 0.717) is 17.9 Å². The third-order valence-corrected chi connectivity index (χ3v) is 13.8. The molecule has 9 atom stereocenters. The van der Waals surface area contributed by atoms with Crippen LogP contribution in [0.5, 0.6) is 5.75 Å². The summed E-state index contributed by atoms with van der Waals surface area (Å²) < 4.78 is 18.8. The highest BCUT2D eigenvalue weighted by Gasteiger charge is 2.66. The van der Waals surface area contributed by atoms with Crippen LogP contribution in [0.1, 0.15) is 125 Å². The van der Waals surface area contributed by atoms with Gasteiger partial charge >= 0.3 is 5.97 Å². The van der Waals surface area contributed by atoms with Crippen molar-refractivity contribution in [2.24, 2.45) is 11.8 Å². The maximum atomic E-state index is 15.2. The number of hydrogen-bond acceptors (Lipinski definition) is 8. The molecule has 1 aliphatic carbocycles. The van der Waals surface area contributed by atoms with Gasteiger partial charge in [0.2, 0.25) is 0 Å². The van der Waals surface area contributed by atoms with Crippen molar-refractivity contribution in [3.05, 3.63) is 94.9 Å². The Hall–Kier alpha value is -4.05. The Morgan fingerprint density at radius 2 is 1.68 bits per heavy atom. The summed E-state index contributed by atoms with van der Waals surface area (Å²) >= 11 is 0. The molecule has 2 bridgehead atoms. The first-order chi connectivity index (χ1) is 30.1. The Balaban J connectivity index is 0.000001000. The summed E-state index contributed by atoms with van der Waals surface area (Å²) in [5.74, 6) is 0.987. The van der Waals surface area contributed by atoms with Crippen LogP contribution < -0.4 is 9.64 Å². The zero-order valence-corrected chi connectivity index (χ0v) is 41.2. The number of allylic oxidation sites excluding steroid dienone is 1. The molecular weight excluding hydrogens is 773 g/mol. The molecule has 5 aliphatic rings. The monoisotopic (exact) mass is 855 g/mol. The number of ether oxygens (including phenoxy) is 3. The first kappa shape index (κ1) is 50.6. The lowest BCUT2D eigenvalue weighted by molar-refractivity contribution is -0.146. The van der Waals surface area contributed by atoms with Crippen LogP contribution in [0, 0.1) is 11.8 Å². The first-order valence-electron chi connectivity index (χ1n) is 24.0. The van der Waals surface area contributed by atoms with E-state index in [0.717, 1.165) is 91.0 Å². The Morgan fingerprint density at radius 3 is 2.29 bits per heavy atom. The van der Waals surface area contributed by atoms with Crippen LogP contribution in [0.15, 0.2) is 72.5 Å². The molecule has 0 amide bonds. The first-order valence-corrected chi connectivity index (χ1v) is 24.0. The van der Waals surface area contributed by atoms with Crippen molar-refractivity contribution < 1.29 is 24.1 Å². The van der Waals surface area contributed by atoms with Gasteiger partial charge in [0.1, 0.15) is 23.4 Å². The van der Waals surface area contributed by atoms with Crippen molar-refractivity contribution in [3.63, 3.8) is 0 Å². The maximum absolute atomic E-state index is 15.2. The molecule has 0 saturated heterocycles. The number of para-hydroxylation sites is 1. The number of likely N-dealkylation sites (N-methyl/N-ethyl adjacent to an activating group) is 2. The predicted molar refractivity (Wildman–Crippen MR) is 260 cm³/mol. The molecule has 1 saturated carbocycles. The van der Waals surface area contributed by atoms with Crippen molar-refractivity contribution >= 4 is 22.6 Å². The van der Waals surface area contributed by atoms with Gasteiger partial charge in [0.25, 0.3) is 0 Å². The second-order valence-corrected chi connectivity index (χ2v) is 16.4. The van der Waals surface area contributed by atoms with Gasteiger partial charge in [0.15, 0.2) is 0 Å². The SMILES string of the molecule is C=C(C)OC1C(O)C2N(C)c3cc(OC)c(C4(C(=O)OC)CC5C=C(CC)CN(CCc6c4[nH]c4ccccc64)C5)cc3C2(CC)C2C1C=CCN2CC.CC.CC.CC.CC. The van der Waals surface area contributed by atoms with Crippen LogP contribution in [-0.2, 0) is 31.5 Å². The Kier molecular flexibility index (Phi) is 18.0. The number of aliphatic hydroxyl groups excluding tert-OH is 1. The van der Waals surface area contributed by atoms with E-state index in [9.17, 15) is 5.11 Å². The van der Waals surface area contributed by atoms with E-state index in [-0.39, 0.29) is 29.9 Å². The molecule has 9 unspecified atom stereocenters. The average Bonchev–Trinajstić information content (AvgIpc) is 3.83. The molecule has 1 fully saturated rings. The third-order valence-electron chi connectivity index (χ3n) is 13.8. The number of rotatable bonds is 8. The van der Waals surface area contributed by atoms with Crippen LogP contribution in [0.4, 0.5) is 5.69 Å². The van der Waals surface area contributed by atoms with Crippen LogP contribution in [0.3, 0.4) is 0 Å². The highest BCUT2D eigenvalue weighted by Crippen LogP contribution is 2.60. The normalized spacial score (nSPS) is 29.1. The number of carbonyl (C=O) groups excluding carboxylic acids is 1. The molecule has 4 aliphatic heterocycles. The minimum absolute atomic E-state index is 0.0281. The molecule has 1 aromatic heterocycles. The number of aromatic amines is 1.